The van der Waals surface area contributed by atoms with Gasteiger partial charge in [-0.15, -0.1) is 0 Å². The number of sulfone groups is 1. The lowest BCUT2D eigenvalue weighted by molar-refractivity contribution is 0.0158. The molecule has 2 aromatic rings. The van der Waals surface area contributed by atoms with E-state index in [9.17, 15) is 13.2 Å². The number of benzene rings is 1. The lowest BCUT2D eigenvalue weighted by Crippen LogP contribution is -2.30. The van der Waals surface area contributed by atoms with Gasteiger partial charge in [0.1, 0.15) is 17.9 Å². The highest BCUT2D eigenvalue weighted by Crippen LogP contribution is 2.36. The second kappa shape index (κ2) is 8.49. The largest absolute Gasteiger partial charge is 0.494 e. The second-order valence-corrected chi connectivity index (χ2v) is 9.64. The van der Waals surface area contributed by atoms with Gasteiger partial charge in [0.05, 0.1) is 35.0 Å². The van der Waals surface area contributed by atoms with E-state index in [0.29, 0.717) is 36.3 Å². The first-order chi connectivity index (χ1) is 14.4. The smallest absolute Gasteiger partial charge is 0.341 e. The van der Waals surface area contributed by atoms with E-state index in [4.69, 9.17) is 18.9 Å². The van der Waals surface area contributed by atoms with E-state index < -0.39 is 27.2 Å². The summed E-state index contributed by atoms with van der Waals surface area (Å²) in [5.41, 5.74) is 0.300. The van der Waals surface area contributed by atoms with Crippen molar-refractivity contribution in [3.05, 3.63) is 30.0 Å². The summed E-state index contributed by atoms with van der Waals surface area (Å²) in [5.74, 6) is -0.299. The number of ether oxygens (including phenoxy) is 4. The van der Waals surface area contributed by atoms with Crippen LogP contribution in [0.5, 0.6) is 5.75 Å². The summed E-state index contributed by atoms with van der Waals surface area (Å²) >= 11 is 0. The number of hydrogen-bond donors (Lipinski definition) is 0. The highest BCUT2D eigenvalue weighted by Gasteiger charge is 2.40. The first kappa shape index (κ1) is 21.0. The normalized spacial score (nSPS) is 24.3. The van der Waals surface area contributed by atoms with Crippen molar-refractivity contribution in [3.63, 3.8) is 0 Å². The standard InChI is InChI=1S/C21H25NO7S/c1-13-18(8-10-27-13)30(24,25)20-15-6-3-7-17(26-2)19(15)22-11-16(20)21(23)29-12-14-5-4-9-28-14/h3,6-7,11,13-14,18H,4-5,8-10,12H2,1-2H3. The fourth-order valence-corrected chi connectivity index (χ4v) is 6.29. The molecule has 0 spiro atoms. The Morgan fingerprint density at radius 2 is 2.07 bits per heavy atom. The molecule has 1 aromatic carbocycles. The molecule has 162 valence electrons. The average molecular weight is 435 g/mol. The number of hydrogen-bond acceptors (Lipinski definition) is 8. The number of rotatable bonds is 6. The number of esters is 1. The Balaban J connectivity index is 1.81. The van der Waals surface area contributed by atoms with Gasteiger partial charge < -0.3 is 18.9 Å². The third-order valence-electron chi connectivity index (χ3n) is 5.66. The SMILES string of the molecule is COc1cccc2c(S(=O)(=O)C3CCOC3C)c(C(=O)OCC3CCCO3)cnc12. The van der Waals surface area contributed by atoms with Gasteiger partial charge >= 0.3 is 5.97 Å². The molecule has 0 saturated carbocycles. The van der Waals surface area contributed by atoms with Gasteiger partial charge in [-0.3, -0.25) is 4.98 Å². The Kier molecular flexibility index (Phi) is 5.95. The zero-order chi connectivity index (χ0) is 21.3. The topological polar surface area (TPSA) is 101 Å². The van der Waals surface area contributed by atoms with E-state index >= 15 is 0 Å². The summed E-state index contributed by atoms with van der Waals surface area (Å²) in [4.78, 5) is 17.2. The molecule has 3 unspecified atom stereocenters. The molecule has 0 radical (unpaired) electrons. The van der Waals surface area contributed by atoms with Crippen LogP contribution in [0.4, 0.5) is 0 Å². The lowest BCUT2D eigenvalue weighted by atomic mass is 10.1. The van der Waals surface area contributed by atoms with Crippen LogP contribution in [0.1, 0.15) is 36.5 Å². The van der Waals surface area contributed by atoms with Gasteiger partial charge in [-0.25, -0.2) is 13.2 Å². The number of carbonyl (C=O) groups is 1. The minimum atomic E-state index is -3.91. The molecule has 4 rings (SSSR count). The van der Waals surface area contributed by atoms with Crippen molar-refractivity contribution in [2.75, 3.05) is 26.9 Å². The van der Waals surface area contributed by atoms with E-state index in [0.717, 1.165) is 12.8 Å². The van der Waals surface area contributed by atoms with Crippen LogP contribution in [0, 0.1) is 0 Å². The predicted molar refractivity (Wildman–Crippen MR) is 109 cm³/mol. The molecule has 30 heavy (non-hydrogen) atoms. The molecule has 1 aromatic heterocycles. The Labute approximate surface area is 175 Å². The van der Waals surface area contributed by atoms with Gasteiger partial charge in [-0.1, -0.05) is 12.1 Å². The minimum absolute atomic E-state index is 0.0761. The number of methoxy groups -OCH3 is 1. The van der Waals surface area contributed by atoms with Crippen LogP contribution in [-0.2, 0) is 24.0 Å². The number of para-hydroxylation sites is 1. The van der Waals surface area contributed by atoms with Gasteiger partial charge in [0.25, 0.3) is 0 Å². The fraction of sp³-hybridized carbons (Fsp3) is 0.524. The van der Waals surface area contributed by atoms with E-state index in [-0.39, 0.29) is 23.2 Å². The summed E-state index contributed by atoms with van der Waals surface area (Å²) < 4.78 is 49.1. The summed E-state index contributed by atoms with van der Waals surface area (Å²) in [7, 11) is -2.42. The van der Waals surface area contributed by atoms with Crippen molar-refractivity contribution in [1.82, 2.24) is 4.98 Å². The van der Waals surface area contributed by atoms with Gasteiger partial charge in [-0.2, -0.15) is 0 Å². The van der Waals surface area contributed by atoms with Crippen molar-refractivity contribution in [3.8, 4) is 5.75 Å². The molecule has 0 amide bonds. The molecular formula is C21H25NO7S. The third-order valence-corrected chi connectivity index (χ3v) is 8.09. The van der Waals surface area contributed by atoms with Crippen molar-refractivity contribution in [2.24, 2.45) is 0 Å². The van der Waals surface area contributed by atoms with E-state index in [1.807, 2.05) is 0 Å². The van der Waals surface area contributed by atoms with Gasteiger partial charge in [-0.05, 0) is 32.3 Å². The van der Waals surface area contributed by atoms with E-state index in [2.05, 4.69) is 4.98 Å². The second-order valence-electron chi connectivity index (χ2n) is 7.54. The molecule has 3 atom stereocenters. The number of fused-ring (bicyclic) bond motifs is 1. The minimum Gasteiger partial charge on any atom is -0.494 e. The molecule has 3 heterocycles. The lowest BCUT2D eigenvalue weighted by Gasteiger charge is -2.19. The first-order valence-electron chi connectivity index (χ1n) is 10.0. The molecule has 0 bridgehead atoms. The zero-order valence-electron chi connectivity index (χ0n) is 17.0. The summed E-state index contributed by atoms with van der Waals surface area (Å²) in [6.07, 6.45) is 2.71. The predicted octanol–water partition coefficient (Wildman–Crippen LogP) is 2.53. The Morgan fingerprint density at radius 1 is 1.23 bits per heavy atom. The molecule has 0 N–H and O–H groups in total. The number of pyridine rings is 1. The first-order valence-corrected chi connectivity index (χ1v) is 11.6. The van der Waals surface area contributed by atoms with Crippen molar-refractivity contribution >= 4 is 26.7 Å². The van der Waals surface area contributed by atoms with Crippen LogP contribution in [0.25, 0.3) is 10.9 Å². The van der Waals surface area contributed by atoms with Crippen molar-refractivity contribution in [2.45, 2.75) is 48.5 Å². The summed E-state index contributed by atoms with van der Waals surface area (Å²) in [5, 5.41) is -0.418. The van der Waals surface area contributed by atoms with Crippen LogP contribution in [0.15, 0.2) is 29.3 Å². The summed E-state index contributed by atoms with van der Waals surface area (Å²) in [6.45, 7) is 2.81. The van der Waals surface area contributed by atoms with Crippen LogP contribution < -0.4 is 4.74 Å². The van der Waals surface area contributed by atoms with Crippen LogP contribution in [-0.4, -0.2) is 63.8 Å². The third kappa shape index (κ3) is 3.77. The van der Waals surface area contributed by atoms with E-state index in [1.54, 1.807) is 25.1 Å². The summed E-state index contributed by atoms with van der Waals surface area (Å²) in [6, 6.07) is 5.01. The molecule has 2 aliphatic rings. The maximum atomic E-state index is 13.7. The molecule has 8 nitrogen and oxygen atoms in total. The van der Waals surface area contributed by atoms with Crippen LogP contribution >= 0.6 is 0 Å². The van der Waals surface area contributed by atoms with Gasteiger partial charge in [0.2, 0.25) is 0 Å². The Hall–Kier alpha value is -2.23. The molecular weight excluding hydrogens is 410 g/mol. The van der Waals surface area contributed by atoms with Gasteiger partial charge in [0, 0.05) is 24.8 Å². The molecule has 2 fully saturated rings. The highest BCUT2D eigenvalue weighted by molar-refractivity contribution is 7.92. The monoisotopic (exact) mass is 435 g/mol. The van der Waals surface area contributed by atoms with Crippen molar-refractivity contribution < 1.29 is 32.2 Å². The number of aromatic nitrogens is 1. The maximum Gasteiger partial charge on any atom is 0.341 e. The fourth-order valence-electron chi connectivity index (χ4n) is 4.08. The molecule has 0 aliphatic carbocycles. The average Bonchev–Trinajstić information content (AvgIpc) is 3.42. The van der Waals surface area contributed by atoms with E-state index in [1.165, 1.54) is 13.3 Å². The number of carbonyl (C=O) groups excluding carboxylic acids is 1. The number of nitrogens with zero attached hydrogens (tertiary/aromatic N) is 1. The van der Waals surface area contributed by atoms with Crippen LogP contribution in [0.3, 0.4) is 0 Å². The molecule has 2 aliphatic heterocycles. The quantitative estimate of drug-likeness (QED) is 0.638. The highest BCUT2D eigenvalue weighted by atomic mass is 32.2. The Bertz CT molecular complexity index is 1050. The maximum absolute atomic E-state index is 13.7. The molecule has 2 saturated heterocycles. The zero-order valence-corrected chi connectivity index (χ0v) is 17.8. The Morgan fingerprint density at radius 3 is 2.73 bits per heavy atom. The van der Waals surface area contributed by atoms with Gasteiger partial charge in [0.15, 0.2) is 9.84 Å². The van der Waals surface area contributed by atoms with Crippen LogP contribution in [0.2, 0.25) is 0 Å². The molecule has 9 heteroatoms. The van der Waals surface area contributed by atoms with Crippen molar-refractivity contribution in [1.29, 1.82) is 0 Å².